The van der Waals surface area contributed by atoms with Crippen LogP contribution in [0.1, 0.15) is 26.2 Å². The Hall–Kier alpha value is -0.130. The van der Waals surface area contributed by atoms with Gasteiger partial charge in [-0.15, -0.1) is 0 Å². The van der Waals surface area contributed by atoms with Gasteiger partial charge in [-0.2, -0.15) is 0 Å². The van der Waals surface area contributed by atoms with Crippen molar-refractivity contribution in [3.8, 4) is 0 Å². The highest BCUT2D eigenvalue weighted by atomic mass is 32.2. The Kier molecular flexibility index (Phi) is 5.56. The van der Waals surface area contributed by atoms with Crippen LogP contribution in [0.25, 0.3) is 0 Å². The molecule has 1 heterocycles. The molecule has 15 heavy (non-hydrogen) atoms. The molecule has 4 nitrogen and oxygen atoms in total. The van der Waals surface area contributed by atoms with E-state index in [0.717, 1.165) is 25.9 Å². The van der Waals surface area contributed by atoms with E-state index in [1.165, 1.54) is 0 Å². The third-order valence-electron chi connectivity index (χ3n) is 2.64. The number of sulfone groups is 1. The maximum Gasteiger partial charge on any atom is 0.150 e. The predicted molar refractivity (Wildman–Crippen MR) is 60.8 cm³/mol. The second-order valence-electron chi connectivity index (χ2n) is 3.93. The Morgan fingerprint density at radius 1 is 1.47 bits per heavy atom. The zero-order valence-corrected chi connectivity index (χ0v) is 10.2. The number of nitrogens with one attached hydrogen (secondary N) is 1. The fourth-order valence-electron chi connectivity index (χ4n) is 1.64. The molecule has 0 aromatic carbocycles. The molecule has 1 fully saturated rings. The summed E-state index contributed by atoms with van der Waals surface area (Å²) in [5.41, 5.74) is 0. The first kappa shape index (κ1) is 12.9. The minimum absolute atomic E-state index is 0.234. The van der Waals surface area contributed by atoms with Crippen molar-refractivity contribution in [2.24, 2.45) is 0 Å². The topological polar surface area (TPSA) is 55.4 Å². The molecule has 0 radical (unpaired) electrons. The second-order valence-corrected chi connectivity index (χ2v) is 6.40. The van der Waals surface area contributed by atoms with E-state index in [0.29, 0.717) is 13.0 Å². The quantitative estimate of drug-likeness (QED) is 0.684. The van der Waals surface area contributed by atoms with Crippen molar-refractivity contribution in [1.29, 1.82) is 0 Å². The van der Waals surface area contributed by atoms with E-state index in [1.807, 2.05) is 0 Å². The SMILES string of the molecule is CCS(=O)(=O)CCCOC1CCCNC1. The molecule has 1 rings (SSSR count). The van der Waals surface area contributed by atoms with Crippen molar-refractivity contribution in [2.75, 3.05) is 31.2 Å². The van der Waals surface area contributed by atoms with E-state index in [-0.39, 0.29) is 17.6 Å². The van der Waals surface area contributed by atoms with E-state index >= 15 is 0 Å². The van der Waals surface area contributed by atoms with Gasteiger partial charge in [0.2, 0.25) is 0 Å². The smallest absolute Gasteiger partial charge is 0.150 e. The van der Waals surface area contributed by atoms with Crippen LogP contribution in [0.15, 0.2) is 0 Å². The third-order valence-corrected chi connectivity index (χ3v) is 4.44. The molecule has 90 valence electrons. The van der Waals surface area contributed by atoms with Gasteiger partial charge in [-0.05, 0) is 25.8 Å². The summed E-state index contributed by atoms with van der Waals surface area (Å²) in [4.78, 5) is 0. The average molecular weight is 235 g/mol. The van der Waals surface area contributed by atoms with Crippen LogP contribution in [0, 0.1) is 0 Å². The number of ether oxygens (including phenoxy) is 1. The van der Waals surface area contributed by atoms with Gasteiger partial charge >= 0.3 is 0 Å². The summed E-state index contributed by atoms with van der Waals surface area (Å²) in [7, 11) is -2.82. The largest absolute Gasteiger partial charge is 0.377 e. The van der Waals surface area contributed by atoms with E-state index in [1.54, 1.807) is 6.92 Å². The van der Waals surface area contributed by atoms with Crippen LogP contribution in [0.5, 0.6) is 0 Å². The van der Waals surface area contributed by atoms with Gasteiger partial charge in [-0.25, -0.2) is 8.42 Å². The lowest BCUT2D eigenvalue weighted by Gasteiger charge is -2.22. The molecule has 0 aliphatic carbocycles. The number of rotatable bonds is 6. The Morgan fingerprint density at radius 3 is 2.87 bits per heavy atom. The third kappa shape index (κ3) is 5.49. The van der Waals surface area contributed by atoms with Gasteiger partial charge in [0, 0.05) is 18.9 Å². The Balaban J connectivity index is 2.06. The Labute approximate surface area is 92.3 Å². The highest BCUT2D eigenvalue weighted by Gasteiger charge is 2.13. The van der Waals surface area contributed by atoms with Gasteiger partial charge in [0.1, 0.15) is 9.84 Å². The standard InChI is InChI=1S/C10H21NO3S/c1-2-15(12,13)8-4-7-14-10-5-3-6-11-9-10/h10-11H,2-9H2,1H3. The molecule has 0 saturated carbocycles. The summed E-state index contributed by atoms with van der Waals surface area (Å²) >= 11 is 0. The first-order valence-electron chi connectivity index (χ1n) is 5.67. The molecule has 5 heteroatoms. The first-order chi connectivity index (χ1) is 7.14. The number of piperidine rings is 1. The van der Waals surface area contributed by atoms with Crippen molar-refractivity contribution >= 4 is 9.84 Å². The van der Waals surface area contributed by atoms with E-state index in [2.05, 4.69) is 5.32 Å². The summed E-state index contributed by atoms with van der Waals surface area (Å²) in [5.74, 6) is 0.488. The molecule has 0 aromatic rings. The van der Waals surface area contributed by atoms with Crippen LogP contribution in [0.2, 0.25) is 0 Å². The van der Waals surface area contributed by atoms with Crippen molar-refractivity contribution in [3.05, 3.63) is 0 Å². The first-order valence-corrected chi connectivity index (χ1v) is 7.49. The summed E-state index contributed by atoms with van der Waals surface area (Å²) in [6.45, 7) is 4.22. The Morgan fingerprint density at radius 2 is 2.27 bits per heavy atom. The number of hydrogen-bond acceptors (Lipinski definition) is 4. The van der Waals surface area contributed by atoms with Gasteiger partial charge in [-0.1, -0.05) is 6.92 Å². The molecule has 0 bridgehead atoms. The molecule has 1 unspecified atom stereocenters. The van der Waals surface area contributed by atoms with E-state index < -0.39 is 9.84 Å². The monoisotopic (exact) mass is 235 g/mol. The molecular weight excluding hydrogens is 214 g/mol. The van der Waals surface area contributed by atoms with Crippen molar-refractivity contribution in [3.63, 3.8) is 0 Å². The molecule has 1 atom stereocenters. The lowest BCUT2D eigenvalue weighted by molar-refractivity contribution is 0.0378. The van der Waals surface area contributed by atoms with Crippen LogP contribution in [-0.4, -0.2) is 45.7 Å². The van der Waals surface area contributed by atoms with Crippen LogP contribution >= 0.6 is 0 Å². The molecule has 1 aliphatic rings. The maximum atomic E-state index is 11.2. The summed E-state index contributed by atoms with van der Waals surface area (Å²) in [6.07, 6.45) is 3.14. The lowest BCUT2D eigenvalue weighted by Crippen LogP contribution is -2.35. The molecule has 1 N–H and O–H groups in total. The summed E-state index contributed by atoms with van der Waals surface area (Å²) < 4.78 is 28.0. The van der Waals surface area contributed by atoms with Gasteiger partial charge in [0.25, 0.3) is 0 Å². The summed E-state index contributed by atoms with van der Waals surface area (Å²) in [5, 5.41) is 3.26. The summed E-state index contributed by atoms with van der Waals surface area (Å²) in [6, 6.07) is 0. The molecule has 1 aliphatic heterocycles. The molecule has 1 saturated heterocycles. The zero-order valence-electron chi connectivity index (χ0n) is 9.37. The fourth-order valence-corrected chi connectivity index (χ4v) is 2.48. The average Bonchev–Trinajstić information content (AvgIpc) is 2.26. The van der Waals surface area contributed by atoms with Crippen LogP contribution in [-0.2, 0) is 14.6 Å². The van der Waals surface area contributed by atoms with Crippen LogP contribution < -0.4 is 5.32 Å². The van der Waals surface area contributed by atoms with Gasteiger partial charge in [0.05, 0.1) is 11.9 Å². The lowest BCUT2D eigenvalue weighted by atomic mass is 10.1. The highest BCUT2D eigenvalue weighted by molar-refractivity contribution is 7.91. The fraction of sp³-hybridized carbons (Fsp3) is 1.00. The predicted octanol–water partition coefficient (Wildman–Crippen LogP) is 0.580. The highest BCUT2D eigenvalue weighted by Crippen LogP contribution is 2.06. The number of hydrogen-bond donors (Lipinski definition) is 1. The molecule has 0 spiro atoms. The van der Waals surface area contributed by atoms with Gasteiger partial charge in [0.15, 0.2) is 0 Å². The van der Waals surface area contributed by atoms with Crippen molar-refractivity contribution in [2.45, 2.75) is 32.3 Å². The molecule has 0 aromatic heterocycles. The second kappa shape index (κ2) is 6.45. The van der Waals surface area contributed by atoms with E-state index in [9.17, 15) is 8.42 Å². The maximum absolute atomic E-state index is 11.2. The Bertz CT molecular complexity index is 258. The van der Waals surface area contributed by atoms with Gasteiger partial charge in [-0.3, -0.25) is 0 Å². The van der Waals surface area contributed by atoms with E-state index in [4.69, 9.17) is 4.74 Å². The van der Waals surface area contributed by atoms with Crippen LogP contribution in [0.4, 0.5) is 0 Å². The minimum Gasteiger partial charge on any atom is -0.377 e. The van der Waals surface area contributed by atoms with Gasteiger partial charge < -0.3 is 10.1 Å². The molecular formula is C10H21NO3S. The zero-order chi connectivity index (χ0) is 11.1. The normalized spacial score (nSPS) is 22.9. The van der Waals surface area contributed by atoms with Crippen LogP contribution in [0.3, 0.4) is 0 Å². The van der Waals surface area contributed by atoms with Crippen molar-refractivity contribution in [1.82, 2.24) is 5.32 Å². The van der Waals surface area contributed by atoms with Crippen molar-refractivity contribution < 1.29 is 13.2 Å². The minimum atomic E-state index is -2.82. The molecule has 0 amide bonds.